The topological polar surface area (TPSA) is 51.2 Å². The maximum absolute atomic E-state index is 12.0. The van der Waals surface area contributed by atoms with Crippen molar-refractivity contribution in [2.45, 2.75) is 0 Å². The maximum atomic E-state index is 12.0. The van der Waals surface area contributed by atoms with E-state index < -0.39 is 45.8 Å². The summed E-state index contributed by atoms with van der Waals surface area (Å²) < 4.78 is 99.1. The van der Waals surface area contributed by atoms with Gasteiger partial charge >= 0.3 is 68.7 Å². The minimum atomic E-state index is -9.19. The third-order valence-electron chi connectivity index (χ3n) is 5.02. The molecule has 0 spiro atoms. The van der Waals surface area contributed by atoms with Gasteiger partial charge in [-0.25, -0.2) is 0 Å². The summed E-state index contributed by atoms with van der Waals surface area (Å²) in [6, 6.07) is 36.2. The number of ketones is 1. The van der Waals surface area contributed by atoms with Gasteiger partial charge in [0, 0.05) is 47.4 Å². The zero-order valence-corrected chi connectivity index (χ0v) is 36.4. The zero-order valence-electron chi connectivity index (χ0n) is 26.7. The molecule has 0 unspecified atom stereocenters. The molecule has 0 saturated carbocycles. The third-order valence-corrected chi connectivity index (χ3v) is 6.50. The molecule has 5 aromatic carbocycles. The molecule has 0 atom stereocenters. The van der Waals surface area contributed by atoms with Gasteiger partial charge in [-0.05, 0) is 109 Å². The van der Waals surface area contributed by atoms with E-state index in [2.05, 4.69) is 0 Å². The standard InChI is InChI=1S/C13H8Cl2O.C7H4Cl2O.C7H5ClO.C6H5Cl.11FH.2Sb/c14-11-5-1-9(2-6-11)13(16)10-3-7-12(15)8-4-10;8-6-3-1-5(2-4-6)7(9)10;8-7-3-1-6(5-9)2-4-7;7-6-4-2-1-3-5-6;;;;;;;;;;;;;/h1-8H;1-4H;1-5H;1-5H;11*1H;;/q;;;;;;;;;;;;;;;2*+5/p-11. The van der Waals surface area contributed by atoms with Crippen molar-refractivity contribution in [3.63, 3.8) is 0 Å². The molecule has 0 radical (unpaired) electrons. The van der Waals surface area contributed by atoms with Crippen LogP contribution >= 0.6 is 69.6 Å². The van der Waals surface area contributed by atoms with Crippen LogP contribution in [0.1, 0.15) is 36.6 Å². The molecule has 0 amide bonds. The number of carbonyl (C=O) groups excluding carboxylic acids is 3. The van der Waals surface area contributed by atoms with Gasteiger partial charge in [0.2, 0.25) is 0 Å². The number of benzene rings is 5. The fourth-order valence-electron chi connectivity index (χ4n) is 2.91. The molecule has 0 fully saturated rings. The molecule has 0 N–H and O–H groups in total. The van der Waals surface area contributed by atoms with E-state index in [0.717, 1.165) is 11.3 Å². The van der Waals surface area contributed by atoms with Crippen LogP contribution in [-0.4, -0.2) is 57.9 Å². The number of hydrogen-bond donors (Lipinski definition) is 0. The van der Waals surface area contributed by atoms with E-state index in [9.17, 15) is 42.5 Å². The fraction of sp³-hybridized carbons (Fsp3) is 0. The Kier molecular flexibility index (Phi) is 25.1. The van der Waals surface area contributed by atoms with Crippen molar-refractivity contribution >= 4 is 128 Å². The van der Waals surface area contributed by atoms with Crippen molar-refractivity contribution in [1.29, 1.82) is 0 Å². The van der Waals surface area contributed by atoms with Crippen LogP contribution in [0.15, 0.2) is 127 Å². The number of aldehydes is 1. The Morgan fingerprint density at radius 2 is 0.655 bits per heavy atom. The van der Waals surface area contributed by atoms with E-state index >= 15 is 0 Å². The molecule has 55 heavy (non-hydrogen) atoms. The summed E-state index contributed by atoms with van der Waals surface area (Å²) in [5.41, 5.74) is 2.35. The SMILES string of the molecule is Clc1ccccc1.O=C(Cl)c1ccc(Cl)cc1.O=C(c1ccc(Cl)cc1)c1ccc(Cl)cc1.O=Cc1ccc(Cl)cc1.[F-].[F][Sb]([F])([F])([F])[F].[F][Sb]([F])([F])([F])[F]. The second kappa shape index (κ2) is 25.2. The number of carbonyl (C=O) groups is 3. The first kappa shape index (κ1) is 54.8. The summed E-state index contributed by atoms with van der Waals surface area (Å²) in [6.45, 7) is 0. The van der Waals surface area contributed by atoms with E-state index in [1.807, 2.05) is 30.3 Å². The van der Waals surface area contributed by atoms with E-state index in [4.69, 9.17) is 69.6 Å². The third kappa shape index (κ3) is 35.8. The Morgan fingerprint density at radius 1 is 0.418 bits per heavy atom. The molecule has 0 aliphatic heterocycles. The summed E-state index contributed by atoms with van der Waals surface area (Å²) in [5.74, 6) is -0.0340. The molecule has 0 bridgehead atoms. The molecule has 0 heterocycles. The van der Waals surface area contributed by atoms with Gasteiger partial charge in [0.25, 0.3) is 5.24 Å². The van der Waals surface area contributed by atoms with Crippen LogP contribution in [0.4, 0.5) is 28.1 Å². The molecule has 0 aliphatic carbocycles. The second-order valence-electron chi connectivity index (χ2n) is 9.37. The van der Waals surface area contributed by atoms with Crippen LogP contribution in [0.25, 0.3) is 0 Å². The van der Waals surface area contributed by atoms with Gasteiger partial charge in [0.1, 0.15) is 6.29 Å². The number of hydrogen-bond acceptors (Lipinski definition) is 3. The van der Waals surface area contributed by atoms with Crippen molar-refractivity contribution in [2.75, 3.05) is 0 Å². The normalized spacial score (nSPS) is 11.4. The van der Waals surface area contributed by atoms with Crippen LogP contribution < -0.4 is 4.70 Å². The second-order valence-corrected chi connectivity index (χ2v) is 19.2. The molecule has 5 aromatic rings. The minimum absolute atomic E-state index is 0. The molecular formula is C33H22Cl6F11O3Sb2-. The van der Waals surface area contributed by atoms with Crippen LogP contribution in [0.5, 0.6) is 0 Å². The predicted molar refractivity (Wildman–Crippen MR) is 199 cm³/mol. The van der Waals surface area contributed by atoms with Crippen LogP contribution in [0, 0.1) is 0 Å². The van der Waals surface area contributed by atoms with Crippen LogP contribution in [0.3, 0.4) is 0 Å². The van der Waals surface area contributed by atoms with Gasteiger partial charge in [-0.15, -0.1) is 0 Å². The fourth-order valence-corrected chi connectivity index (χ4v) is 3.68. The van der Waals surface area contributed by atoms with Crippen molar-refractivity contribution in [3.05, 3.63) is 175 Å². The van der Waals surface area contributed by atoms with Crippen LogP contribution in [-0.2, 0) is 0 Å². The first-order chi connectivity index (χ1) is 24.6. The Morgan fingerprint density at radius 3 is 0.873 bits per heavy atom. The van der Waals surface area contributed by atoms with Gasteiger partial charge in [-0.1, -0.05) is 88.3 Å². The number of halogens is 17. The molecule has 0 saturated heterocycles. The Labute approximate surface area is 346 Å². The van der Waals surface area contributed by atoms with Crippen molar-refractivity contribution < 1.29 is 47.2 Å². The van der Waals surface area contributed by atoms with E-state index in [-0.39, 0.29) is 10.5 Å². The van der Waals surface area contributed by atoms with E-state index in [0.29, 0.717) is 42.3 Å². The summed E-state index contributed by atoms with van der Waals surface area (Å²) in [4.78, 5) is 32.5. The van der Waals surface area contributed by atoms with Crippen molar-refractivity contribution in [2.24, 2.45) is 0 Å². The molecule has 0 aliphatic rings. The molecule has 0 aromatic heterocycles. The van der Waals surface area contributed by atoms with Gasteiger partial charge in [0.05, 0.1) is 0 Å². The summed E-state index contributed by atoms with van der Waals surface area (Å²) in [6.07, 6.45) is 0.788. The summed E-state index contributed by atoms with van der Waals surface area (Å²) in [7, 11) is 0. The average molecular weight is 1130 g/mol. The zero-order chi connectivity index (χ0) is 41.8. The van der Waals surface area contributed by atoms with E-state index in [1.165, 1.54) is 0 Å². The first-order valence-corrected chi connectivity index (χ1v) is 25.6. The van der Waals surface area contributed by atoms with Crippen molar-refractivity contribution in [3.8, 4) is 0 Å². The van der Waals surface area contributed by atoms with Gasteiger partial charge in [-0.3, -0.25) is 14.4 Å². The average Bonchev–Trinajstić information content (AvgIpc) is 3.05. The van der Waals surface area contributed by atoms with Crippen molar-refractivity contribution in [1.82, 2.24) is 0 Å². The molecule has 22 heteroatoms. The Hall–Kier alpha value is -2.28. The van der Waals surface area contributed by atoms with Crippen LogP contribution in [0.2, 0.25) is 25.1 Å². The quantitative estimate of drug-likeness (QED) is 0.0592. The molecule has 5 rings (SSSR count). The predicted octanol–water partition coefficient (Wildman–Crippen LogP) is 11.9. The monoisotopic (exact) mass is 1130 g/mol. The van der Waals surface area contributed by atoms with Gasteiger partial charge < -0.3 is 4.70 Å². The summed E-state index contributed by atoms with van der Waals surface area (Å²) in [5, 5.41) is 2.82. The summed E-state index contributed by atoms with van der Waals surface area (Å²) >= 11 is 15.0. The molecule has 302 valence electrons. The van der Waals surface area contributed by atoms with E-state index in [1.54, 1.807) is 97.1 Å². The number of rotatable bonds is 4. The Bertz CT molecular complexity index is 1790. The van der Waals surface area contributed by atoms with Gasteiger partial charge in [0.15, 0.2) is 5.78 Å². The van der Waals surface area contributed by atoms with Gasteiger partial charge in [-0.2, -0.15) is 0 Å². The molecule has 3 nitrogen and oxygen atoms in total. The molecular weight excluding hydrogens is 1110 g/mol. The Balaban J connectivity index is 0. The first-order valence-electron chi connectivity index (χ1n) is 13.7.